The summed E-state index contributed by atoms with van der Waals surface area (Å²) >= 11 is 1.55. The molecule has 2 heteroatoms. The molecule has 15 heavy (non-hydrogen) atoms. The van der Waals surface area contributed by atoms with Crippen LogP contribution >= 0.6 is 11.8 Å². The summed E-state index contributed by atoms with van der Waals surface area (Å²) in [6, 6.07) is 9.86. The van der Waals surface area contributed by atoms with Gasteiger partial charge in [-0.2, -0.15) is 0 Å². The second kappa shape index (κ2) is 4.86. The summed E-state index contributed by atoms with van der Waals surface area (Å²) in [7, 11) is 0. The summed E-state index contributed by atoms with van der Waals surface area (Å²) in [5.74, 6) is 6.15. The minimum atomic E-state index is 0.0741. The van der Waals surface area contributed by atoms with Crippen molar-refractivity contribution in [1.82, 2.24) is 0 Å². The summed E-state index contributed by atoms with van der Waals surface area (Å²) in [6.45, 7) is 0. The number of allylic oxidation sites excluding steroid dienone is 2. The average molecular weight is 214 g/mol. The fourth-order valence-electron chi connectivity index (χ4n) is 1.30. The SMILES string of the molecule is O=CC1CC=C(C#Cc2ccccc2)S1. The first-order valence-electron chi connectivity index (χ1n) is 4.77. The molecule has 0 aliphatic carbocycles. The standard InChI is InChI=1S/C13H10OS/c14-10-13-9-8-12(15-13)7-6-11-4-2-1-3-5-11/h1-5,8,10,13H,9H2. The largest absolute Gasteiger partial charge is 0.302 e. The van der Waals surface area contributed by atoms with Crippen molar-refractivity contribution in [1.29, 1.82) is 0 Å². The zero-order valence-corrected chi connectivity index (χ0v) is 8.96. The summed E-state index contributed by atoms with van der Waals surface area (Å²) < 4.78 is 0. The van der Waals surface area contributed by atoms with Gasteiger partial charge in [0.1, 0.15) is 6.29 Å². The molecular formula is C13H10OS. The monoisotopic (exact) mass is 214 g/mol. The lowest BCUT2D eigenvalue weighted by Gasteiger charge is -1.94. The Morgan fingerprint density at radius 1 is 1.27 bits per heavy atom. The minimum Gasteiger partial charge on any atom is -0.302 e. The maximum atomic E-state index is 10.5. The molecule has 0 radical (unpaired) electrons. The van der Waals surface area contributed by atoms with Crippen molar-refractivity contribution in [2.75, 3.05) is 0 Å². The Bertz CT molecular complexity index is 437. The van der Waals surface area contributed by atoms with E-state index in [0.717, 1.165) is 23.2 Å². The lowest BCUT2D eigenvalue weighted by Crippen LogP contribution is -1.96. The van der Waals surface area contributed by atoms with E-state index in [9.17, 15) is 4.79 Å². The van der Waals surface area contributed by atoms with Crippen LogP contribution < -0.4 is 0 Å². The van der Waals surface area contributed by atoms with Gasteiger partial charge in [0, 0.05) is 5.56 Å². The molecule has 1 atom stereocenters. The van der Waals surface area contributed by atoms with Gasteiger partial charge >= 0.3 is 0 Å². The maximum absolute atomic E-state index is 10.5. The van der Waals surface area contributed by atoms with Crippen LogP contribution in [-0.4, -0.2) is 11.5 Å². The molecule has 0 bridgehead atoms. The zero-order valence-electron chi connectivity index (χ0n) is 8.14. The summed E-state index contributed by atoms with van der Waals surface area (Å²) in [5, 5.41) is 0.0741. The van der Waals surface area contributed by atoms with Crippen LogP contribution in [0.25, 0.3) is 0 Å². The third kappa shape index (κ3) is 2.74. The molecule has 0 saturated heterocycles. The molecule has 1 heterocycles. The molecular weight excluding hydrogens is 204 g/mol. The number of carbonyl (C=O) groups excluding carboxylic acids is 1. The second-order valence-electron chi connectivity index (χ2n) is 3.21. The van der Waals surface area contributed by atoms with Gasteiger partial charge in [-0.15, -0.1) is 11.8 Å². The Morgan fingerprint density at radius 3 is 2.73 bits per heavy atom. The zero-order chi connectivity index (χ0) is 10.5. The van der Waals surface area contributed by atoms with Gasteiger partial charge in [-0.3, -0.25) is 0 Å². The number of hydrogen-bond donors (Lipinski definition) is 0. The second-order valence-corrected chi connectivity index (χ2v) is 4.49. The third-order valence-corrected chi connectivity index (χ3v) is 3.20. The van der Waals surface area contributed by atoms with E-state index in [1.165, 1.54) is 0 Å². The van der Waals surface area contributed by atoms with Crippen LogP contribution in [0.5, 0.6) is 0 Å². The van der Waals surface area contributed by atoms with Crippen molar-refractivity contribution < 1.29 is 4.79 Å². The molecule has 2 rings (SSSR count). The highest BCUT2D eigenvalue weighted by Crippen LogP contribution is 2.30. The van der Waals surface area contributed by atoms with Crippen molar-refractivity contribution in [3.05, 3.63) is 46.9 Å². The van der Waals surface area contributed by atoms with E-state index in [0.29, 0.717) is 0 Å². The highest BCUT2D eigenvalue weighted by molar-refractivity contribution is 8.04. The van der Waals surface area contributed by atoms with E-state index < -0.39 is 0 Å². The van der Waals surface area contributed by atoms with Gasteiger partial charge in [0.25, 0.3) is 0 Å². The fraction of sp³-hybridized carbons (Fsp3) is 0.154. The average Bonchev–Trinajstić information content (AvgIpc) is 2.76. The quantitative estimate of drug-likeness (QED) is 0.528. The Labute approximate surface area is 93.6 Å². The number of hydrogen-bond acceptors (Lipinski definition) is 2. The van der Waals surface area contributed by atoms with E-state index in [1.54, 1.807) is 11.8 Å². The number of benzene rings is 1. The molecule has 1 nitrogen and oxygen atoms in total. The minimum absolute atomic E-state index is 0.0741. The van der Waals surface area contributed by atoms with E-state index in [4.69, 9.17) is 0 Å². The topological polar surface area (TPSA) is 17.1 Å². The van der Waals surface area contributed by atoms with Crippen LogP contribution in [0.15, 0.2) is 41.3 Å². The van der Waals surface area contributed by atoms with E-state index >= 15 is 0 Å². The van der Waals surface area contributed by atoms with Gasteiger partial charge in [0.05, 0.1) is 10.2 Å². The molecule has 0 N–H and O–H groups in total. The fourth-order valence-corrected chi connectivity index (χ4v) is 2.18. The summed E-state index contributed by atoms with van der Waals surface area (Å²) in [5.41, 5.74) is 1.01. The molecule has 74 valence electrons. The van der Waals surface area contributed by atoms with Gasteiger partial charge in [-0.05, 0) is 18.6 Å². The van der Waals surface area contributed by atoms with E-state index in [2.05, 4.69) is 11.8 Å². The Morgan fingerprint density at radius 2 is 2.07 bits per heavy atom. The molecule has 0 amide bonds. The van der Waals surface area contributed by atoms with Crippen molar-refractivity contribution in [2.24, 2.45) is 0 Å². The molecule has 1 unspecified atom stereocenters. The Balaban J connectivity index is 2.05. The molecule has 1 aliphatic rings. The maximum Gasteiger partial charge on any atom is 0.133 e. The molecule has 0 spiro atoms. The van der Waals surface area contributed by atoms with E-state index in [-0.39, 0.29) is 5.25 Å². The molecule has 1 aromatic rings. The van der Waals surface area contributed by atoms with Crippen LogP contribution in [0.4, 0.5) is 0 Å². The number of thioether (sulfide) groups is 1. The van der Waals surface area contributed by atoms with Gasteiger partial charge in [-0.25, -0.2) is 0 Å². The Hall–Kier alpha value is -1.46. The van der Waals surface area contributed by atoms with E-state index in [1.807, 2.05) is 36.4 Å². The first-order valence-corrected chi connectivity index (χ1v) is 5.65. The van der Waals surface area contributed by atoms with Crippen molar-refractivity contribution in [2.45, 2.75) is 11.7 Å². The number of rotatable bonds is 1. The van der Waals surface area contributed by atoms with Crippen LogP contribution in [0.3, 0.4) is 0 Å². The molecule has 1 aliphatic heterocycles. The Kier molecular flexibility index (Phi) is 3.26. The number of aldehydes is 1. The van der Waals surface area contributed by atoms with Gasteiger partial charge < -0.3 is 4.79 Å². The molecule has 0 fully saturated rings. The van der Waals surface area contributed by atoms with Gasteiger partial charge in [0.15, 0.2) is 0 Å². The molecule has 0 saturated carbocycles. The van der Waals surface area contributed by atoms with Crippen LogP contribution in [-0.2, 0) is 4.79 Å². The van der Waals surface area contributed by atoms with Crippen LogP contribution in [0.1, 0.15) is 12.0 Å². The first-order chi connectivity index (χ1) is 7.38. The van der Waals surface area contributed by atoms with Crippen molar-refractivity contribution in [3.8, 4) is 11.8 Å². The highest BCUT2D eigenvalue weighted by atomic mass is 32.2. The summed E-state index contributed by atoms with van der Waals surface area (Å²) in [4.78, 5) is 11.5. The van der Waals surface area contributed by atoms with Crippen molar-refractivity contribution >= 4 is 18.0 Å². The molecule has 0 aromatic heterocycles. The van der Waals surface area contributed by atoms with Crippen LogP contribution in [0.2, 0.25) is 0 Å². The van der Waals surface area contributed by atoms with Crippen molar-refractivity contribution in [3.63, 3.8) is 0 Å². The van der Waals surface area contributed by atoms with Crippen LogP contribution in [0, 0.1) is 11.8 Å². The first kappa shape index (κ1) is 10.1. The number of carbonyl (C=O) groups is 1. The predicted molar refractivity (Wildman–Crippen MR) is 63.5 cm³/mol. The third-order valence-electron chi connectivity index (χ3n) is 2.07. The lowest BCUT2D eigenvalue weighted by atomic mass is 10.2. The van der Waals surface area contributed by atoms with Gasteiger partial charge in [-0.1, -0.05) is 36.1 Å². The predicted octanol–water partition coefficient (Wildman–Crippen LogP) is 2.63. The smallest absolute Gasteiger partial charge is 0.133 e. The van der Waals surface area contributed by atoms with Gasteiger partial charge in [0.2, 0.25) is 0 Å². The molecule has 1 aromatic carbocycles. The lowest BCUT2D eigenvalue weighted by molar-refractivity contribution is -0.107. The summed E-state index contributed by atoms with van der Waals surface area (Å²) in [6.07, 6.45) is 3.82. The normalized spacial score (nSPS) is 18.9. The highest BCUT2D eigenvalue weighted by Gasteiger charge is 2.14.